The fourth-order valence-corrected chi connectivity index (χ4v) is 2.26. The van der Waals surface area contributed by atoms with Crippen LogP contribution in [0.1, 0.15) is 23.5 Å². The van der Waals surface area contributed by atoms with Gasteiger partial charge in [-0.2, -0.15) is 0 Å². The molecule has 1 atom stereocenters. The van der Waals surface area contributed by atoms with Crippen molar-refractivity contribution in [3.63, 3.8) is 0 Å². The number of benzene rings is 1. The molecule has 0 fully saturated rings. The van der Waals surface area contributed by atoms with Gasteiger partial charge in [0, 0.05) is 11.8 Å². The molecule has 1 aromatic carbocycles. The number of aromatic nitrogens is 1. The van der Waals surface area contributed by atoms with Gasteiger partial charge in [-0.05, 0) is 13.0 Å². The lowest BCUT2D eigenvalue weighted by Crippen LogP contribution is -2.02. The number of nitrogens with zero attached hydrogens (tertiary/aromatic N) is 1. The van der Waals surface area contributed by atoms with Gasteiger partial charge in [-0.1, -0.05) is 29.5 Å². The predicted molar refractivity (Wildman–Crippen MR) is 68.2 cm³/mol. The van der Waals surface area contributed by atoms with Gasteiger partial charge in [-0.3, -0.25) is 0 Å². The summed E-state index contributed by atoms with van der Waals surface area (Å²) in [6.07, 6.45) is 0.848. The maximum absolute atomic E-state index is 10.2. The Balaban J connectivity index is 2.33. The molecule has 0 radical (unpaired) electrons. The lowest BCUT2D eigenvalue weighted by molar-refractivity contribution is 0.215. The highest BCUT2D eigenvalue weighted by Gasteiger charge is 2.17. The van der Waals surface area contributed by atoms with E-state index in [4.69, 9.17) is 10.5 Å². The van der Waals surface area contributed by atoms with E-state index in [9.17, 15) is 5.11 Å². The minimum absolute atomic E-state index is 0.452. The fourth-order valence-electron chi connectivity index (χ4n) is 1.57. The van der Waals surface area contributed by atoms with E-state index in [1.54, 1.807) is 6.20 Å². The Hall–Kier alpha value is -1.59. The second-order valence-corrected chi connectivity index (χ2v) is 4.57. The zero-order chi connectivity index (χ0) is 12.3. The Kier molecular flexibility index (Phi) is 3.61. The molecule has 0 aliphatic rings. The highest BCUT2D eigenvalue weighted by Crippen LogP contribution is 2.33. The second-order valence-electron chi connectivity index (χ2n) is 3.47. The summed E-state index contributed by atoms with van der Waals surface area (Å²) in [5, 5.41) is 10.7. The molecule has 1 heterocycles. The van der Waals surface area contributed by atoms with Crippen molar-refractivity contribution >= 4 is 16.5 Å². The number of anilines is 1. The topological polar surface area (TPSA) is 68.4 Å². The van der Waals surface area contributed by atoms with Crippen molar-refractivity contribution in [2.45, 2.75) is 13.0 Å². The smallest absolute Gasteiger partial charge is 0.180 e. The SMILES string of the molecule is CCOc1ccccc1C(O)c1cnc(N)s1. The van der Waals surface area contributed by atoms with Crippen LogP contribution in [0.4, 0.5) is 5.13 Å². The summed E-state index contributed by atoms with van der Waals surface area (Å²) < 4.78 is 5.48. The third-order valence-corrected chi connectivity index (χ3v) is 3.20. The summed E-state index contributed by atoms with van der Waals surface area (Å²) in [7, 11) is 0. The highest BCUT2D eigenvalue weighted by molar-refractivity contribution is 7.15. The van der Waals surface area contributed by atoms with Crippen molar-refractivity contribution in [3.05, 3.63) is 40.9 Å². The van der Waals surface area contributed by atoms with E-state index in [2.05, 4.69) is 4.98 Å². The van der Waals surface area contributed by atoms with Crippen molar-refractivity contribution in [3.8, 4) is 5.75 Å². The van der Waals surface area contributed by atoms with Gasteiger partial charge in [0.25, 0.3) is 0 Å². The molecule has 0 saturated carbocycles. The number of aliphatic hydroxyl groups excluding tert-OH is 1. The minimum Gasteiger partial charge on any atom is -0.493 e. The first-order valence-electron chi connectivity index (χ1n) is 5.33. The summed E-state index contributed by atoms with van der Waals surface area (Å²) in [4.78, 5) is 4.65. The Bertz CT molecular complexity index is 499. The molecule has 0 spiro atoms. The second kappa shape index (κ2) is 5.16. The lowest BCUT2D eigenvalue weighted by Gasteiger charge is -2.13. The normalized spacial score (nSPS) is 12.4. The molecule has 90 valence electrons. The van der Waals surface area contributed by atoms with E-state index in [-0.39, 0.29) is 0 Å². The van der Waals surface area contributed by atoms with Gasteiger partial charge in [-0.25, -0.2) is 4.98 Å². The number of rotatable bonds is 4. The van der Waals surface area contributed by atoms with Gasteiger partial charge in [0.1, 0.15) is 11.9 Å². The molecule has 2 aromatic rings. The van der Waals surface area contributed by atoms with Crippen molar-refractivity contribution < 1.29 is 9.84 Å². The van der Waals surface area contributed by atoms with Crippen LogP contribution in [0.5, 0.6) is 5.75 Å². The molecule has 0 amide bonds. The van der Waals surface area contributed by atoms with Crippen molar-refractivity contribution in [1.82, 2.24) is 4.98 Å². The van der Waals surface area contributed by atoms with Crippen LogP contribution < -0.4 is 10.5 Å². The van der Waals surface area contributed by atoms with Gasteiger partial charge in [-0.15, -0.1) is 0 Å². The number of hydrogen-bond acceptors (Lipinski definition) is 5. The van der Waals surface area contributed by atoms with Gasteiger partial charge in [0.15, 0.2) is 5.13 Å². The molecule has 5 heteroatoms. The summed E-state index contributed by atoms with van der Waals surface area (Å²) in [6, 6.07) is 7.42. The molecule has 0 saturated heterocycles. The van der Waals surface area contributed by atoms with E-state index < -0.39 is 6.10 Å². The molecule has 2 rings (SSSR count). The van der Waals surface area contributed by atoms with Crippen molar-refractivity contribution in [1.29, 1.82) is 0 Å². The van der Waals surface area contributed by atoms with E-state index in [1.807, 2.05) is 31.2 Å². The van der Waals surface area contributed by atoms with E-state index >= 15 is 0 Å². The summed E-state index contributed by atoms with van der Waals surface area (Å²) >= 11 is 1.28. The zero-order valence-electron chi connectivity index (χ0n) is 9.46. The standard InChI is InChI=1S/C12H14N2O2S/c1-2-16-9-6-4-3-5-8(9)11(15)10-7-14-12(13)17-10/h3-7,11,15H,2H2,1H3,(H2,13,14). The lowest BCUT2D eigenvalue weighted by atomic mass is 10.1. The first-order chi connectivity index (χ1) is 8.22. The zero-order valence-corrected chi connectivity index (χ0v) is 10.3. The molecule has 3 N–H and O–H groups in total. The molecule has 1 aromatic heterocycles. The Labute approximate surface area is 104 Å². The van der Waals surface area contributed by atoms with Crippen LogP contribution in [0, 0.1) is 0 Å². The van der Waals surface area contributed by atoms with Gasteiger partial charge in [0.2, 0.25) is 0 Å². The average molecular weight is 250 g/mol. The minimum atomic E-state index is -0.743. The number of nitrogen functional groups attached to an aromatic ring is 1. The number of para-hydroxylation sites is 1. The van der Waals surface area contributed by atoms with Crippen LogP contribution in [-0.2, 0) is 0 Å². The van der Waals surface area contributed by atoms with Crippen LogP contribution in [0.15, 0.2) is 30.5 Å². The first kappa shape index (κ1) is 11.9. The monoisotopic (exact) mass is 250 g/mol. The van der Waals surface area contributed by atoms with Gasteiger partial charge >= 0.3 is 0 Å². The first-order valence-corrected chi connectivity index (χ1v) is 6.15. The molecule has 0 bridgehead atoms. The molecule has 4 nitrogen and oxygen atoms in total. The Morgan fingerprint density at radius 3 is 2.88 bits per heavy atom. The number of thiazole rings is 1. The van der Waals surface area contributed by atoms with Crippen LogP contribution in [0.3, 0.4) is 0 Å². The molecule has 0 aliphatic carbocycles. The third-order valence-electron chi connectivity index (χ3n) is 2.32. The van der Waals surface area contributed by atoms with Gasteiger partial charge < -0.3 is 15.6 Å². The largest absolute Gasteiger partial charge is 0.493 e. The van der Waals surface area contributed by atoms with Crippen LogP contribution in [0.25, 0.3) is 0 Å². The average Bonchev–Trinajstić information content (AvgIpc) is 2.76. The Morgan fingerprint density at radius 1 is 1.47 bits per heavy atom. The van der Waals surface area contributed by atoms with Crippen LogP contribution in [-0.4, -0.2) is 16.7 Å². The van der Waals surface area contributed by atoms with Crippen LogP contribution in [0.2, 0.25) is 0 Å². The summed E-state index contributed by atoms with van der Waals surface area (Å²) in [5.41, 5.74) is 6.29. The predicted octanol–water partition coefficient (Wildman–Crippen LogP) is 2.21. The highest BCUT2D eigenvalue weighted by atomic mass is 32.1. The molecule has 0 aliphatic heterocycles. The van der Waals surface area contributed by atoms with E-state index in [0.29, 0.717) is 17.5 Å². The third kappa shape index (κ3) is 2.57. The number of aliphatic hydroxyl groups is 1. The number of ether oxygens (including phenoxy) is 1. The van der Waals surface area contributed by atoms with E-state index in [0.717, 1.165) is 10.4 Å². The number of hydrogen-bond donors (Lipinski definition) is 2. The number of nitrogens with two attached hydrogens (primary N) is 1. The Morgan fingerprint density at radius 2 is 2.24 bits per heavy atom. The summed E-state index contributed by atoms with van der Waals surface area (Å²) in [5.74, 6) is 0.689. The molecular formula is C12H14N2O2S. The maximum atomic E-state index is 10.2. The molecule has 1 unspecified atom stereocenters. The molecular weight excluding hydrogens is 236 g/mol. The van der Waals surface area contributed by atoms with Gasteiger partial charge in [0.05, 0.1) is 11.5 Å². The van der Waals surface area contributed by atoms with Crippen molar-refractivity contribution in [2.24, 2.45) is 0 Å². The van der Waals surface area contributed by atoms with E-state index in [1.165, 1.54) is 11.3 Å². The summed E-state index contributed by atoms with van der Waals surface area (Å²) in [6.45, 7) is 2.47. The fraction of sp³-hybridized carbons (Fsp3) is 0.250. The quantitative estimate of drug-likeness (QED) is 0.873. The molecule has 17 heavy (non-hydrogen) atoms. The van der Waals surface area contributed by atoms with Crippen LogP contribution >= 0.6 is 11.3 Å². The maximum Gasteiger partial charge on any atom is 0.180 e. The van der Waals surface area contributed by atoms with Crippen molar-refractivity contribution in [2.75, 3.05) is 12.3 Å².